The molecule has 4 rings (SSSR count). The number of halogens is 2. The highest BCUT2D eigenvalue weighted by molar-refractivity contribution is 6.42. The summed E-state index contributed by atoms with van der Waals surface area (Å²) < 4.78 is 5.53. The lowest BCUT2D eigenvalue weighted by Gasteiger charge is -2.21. The zero-order valence-electron chi connectivity index (χ0n) is 14.5. The first kappa shape index (κ1) is 18.3. The number of ether oxygens (including phenoxy) is 1. The summed E-state index contributed by atoms with van der Waals surface area (Å²) in [6.45, 7) is 1.27. The molecule has 0 saturated carbocycles. The zero-order valence-corrected chi connectivity index (χ0v) is 16.0. The van der Waals surface area contributed by atoms with Gasteiger partial charge in [-0.05, 0) is 55.2 Å². The fraction of sp³-hybridized carbons (Fsp3) is 0.300. The van der Waals surface area contributed by atoms with Gasteiger partial charge in [-0.1, -0.05) is 29.3 Å². The first-order chi connectivity index (χ1) is 13.0. The fourth-order valence-corrected chi connectivity index (χ4v) is 3.77. The van der Waals surface area contributed by atoms with Crippen LogP contribution in [0.25, 0.3) is 0 Å². The van der Waals surface area contributed by atoms with Crippen LogP contribution in [0.4, 0.5) is 11.4 Å². The minimum Gasteiger partial charge on any atom is -0.368 e. The third-order valence-corrected chi connectivity index (χ3v) is 5.63. The number of hydrogen-bond acceptors (Lipinski definition) is 3. The molecule has 0 spiro atoms. The maximum absolute atomic E-state index is 12.7. The third kappa shape index (κ3) is 3.68. The second kappa shape index (κ2) is 7.50. The number of fused-ring (bicyclic) bond motifs is 1. The number of benzene rings is 2. The molecule has 0 radical (unpaired) electrons. The van der Waals surface area contributed by atoms with Gasteiger partial charge in [0.05, 0.1) is 10.0 Å². The van der Waals surface area contributed by atoms with E-state index in [2.05, 4.69) is 5.32 Å². The predicted molar refractivity (Wildman–Crippen MR) is 106 cm³/mol. The van der Waals surface area contributed by atoms with Crippen molar-refractivity contribution >= 4 is 46.4 Å². The van der Waals surface area contributed by atoms with E-state index in [0.29, 0.717) is 34.4 Å². The van der Waals surface area contributed by atoms with Crippen molar-refractivity contribution in [3.8, 4) is 0 Å². The Morgan fingerprint density at radius 1 is 1.11 bits per heavy atom. The number of nitrogens with one attached hydrogen (secondary N) is 1. The molecule has 1 fully saturated rings. The second-order valence-electron chi connectivity index (χ2n) is 6.67. The lowest BCUT2D eigenvalue weighted by Crippen LogP contribution is -2.37. The Morgan fingerprint density at radius 3 is 2.70 bits per heavy atom. The number of anilines is 2. The van der Waals surface area contributed by atoms with Crippen molar-refractivity contribution in [2.75, 3.05) is 23.4 Å². The van der Waals surface area contributed by atoms with Crippen molar-refractivity contribution < 1.29 is 14.3 Å². The minimum atomic E-state index is -0.356. The Kier molecular flexibility index (Phi) is 5.08. The van der Waals surface area contributed by atoms with Gasteiger partial charge in [-0.2, -0.15) is 0 Å². The van der Waals surface area contributed by atoms with Crippen molar-refractivity contribution in [3.05, 3.63) is 57.6 Å². The molecule has 0 bridgehead atoms. The van der Waals surface area contributed by atoms with Crippen LogP contribution in [0.2, 0.25) is 10.0 Å². The van der Waals surface area contributed by atoms with E-state index in [0.717, 1.165) is 30.5 Å². The van der Waals surface area contributed by atoms with Gasteiger partial charge in [-0.15, -0.1) is 0 Å². The summed E-state index contributed by atoms with van der Waals surface area (Å²) in [5.74, 6) is -0.289. The van der Waals surface area contributed by atoms with E-state index in [-0.39, 0.29) is 17.9 Å². The van der Waals surface area contributed by atoms with Gasteiger partial charge in [-0.25, -0.2) is 0 Å². The number of nitrogens with zero attached hydrogens (tertiary/aromatic N) is 1. The van der Waals surface area contributed by atoms with Crippen molar-refractivity contribution in [1.82, 2.24) is 0 Å². The van der Waals surface area contributed by atoms with Gasteiger partial charge in [0.25, 0.3) is 11.8 Å². The molecule has 2 aliphatic heterocycles. The summed E-state index contributed by atoms with van der Waals surface area (Å²) in [6, 6.07) is 10.4. The smallest absolute Gasteiger partial charge is 0.256 e. The van der Waals surface area contributed by atoms with Crippen LogP contribution < -0.4 is 10.2 Å². The van der Waals surface area contributed by atoms with E-state index in [1.807, 2.05) is 18.2 Å². The molecule has 1 saturated heterocycles. The number of rotatable bonds is 3. The van der Waals surface area contributed by atoms with Gasteiger partial charge in [0, 0.05) is 30.1 Å². The molecule has 0 aliphatic carbocycles. The largest absolute Gasteiger partial charge is 0.368 e. The highest BCUT2D eigenvalue weighted by Gasteiger charge is 2.32. The Hall–Kier alpha value is -2.08. The summed E-state index contributed by atoms with van der Waals surface area (Å²) >= 11 is 11.9. The van der Waals surface area contributed by atoms with Gasteiger partial charge >= 0.3 is 0 Å². The summed E-state index contributed by atoms with van der Waals surface area (Å²) in [6.07, 6.45) is 2.12. The lowest BCUT2D eigenvalue weighted by molar-refractivity contribution is -0.127. The second-order valence-corrected chi connectivity index (χ2v) is 7.48. The summed E-state index contributed by atoms with van der Waals surface area (Å²) in [5.41, 5.74) is 2.96. The van der Waals surface area contributed by atoms with Crippen LogP contribution in [0.1, 0.15) is 28.8 Å². The van der Waals surface area contributed by atoms with Crippen LogP contribution in [0, 0.1) is 0 Å². The predicted octanol–water partition coefficient (Wildman–Crippen LogP) is 4.31. The van der Waals surface area contributed by atoms with Crippen LogP contribution in [-0.4, -0.2) is 31.1 Å². The molecular weight excluding hydrogens is 387 g/mol. The monoisotopic (exact) mass is 404 g/mol. The molecule has 0 aromatic heterocycles. The van der Waals surface area contributed by atoms with Crippen molar-refractivity contribution in [2.24, 2.45) is 0 Å². The molecule has 140 valence electrons. The van der Waals surface area contributed by atoms with Crippen LogP contribution in [0.5, 0.6) is 0 Å². The summed E-state index contributed by atoms with van der Waals surface area (Å²) in [7, 11) is 0. The number of hydrogen-bond donors (Lipinski definition) is 1. The molecule has 5 nitrogen and oxygen atoms in total. The highest BCUT2D eigenvalue weighted by atomic mass is 35.5. The molecule has 2 aromatic rings. The number of carbonyl (C=O) groups excluding carboxylic acids is 2. The molecule has 1 atom stereocenters. The van der Waals surface area contributed by atoms with E-state index >= 15 is 0 Å². The Bertz CT molecular complexity index is 910. The Morgan fingerprint density at radius 2 is 1.96 bits per heavy atom. The first-order valence-electron chi connectivity index (χ1n) is 8.85. The Balaban J connectivity index is 1.53. The molecule has 1 N–H and O–H groups in total. The van der Waals surface area contributed by atoms with Crippen LogP contribution in [-0.2, 0) is 16.0 Å². The molecule has 2 amide bonds. The van der Waals surface area contributed by atoms with Crippen LogP contribution in [0.3, 0.4) is 0 Å². The molecule has 2 aliphatic rings. The molecular formula is C20H18Cl2N2O3. The first-order valence-corrected chi connectivity index (χ1v) is 9.61. The molecule has 27 heavy (non-hydrogen) atoms. The molecule has 1 unspecified atom stereocenters. The normalized spacial score (nSPS) is 18.4. The number of amides is 2. The average molecular weight is 405 g/mol. The van der Waals surface area contributed by atoms with E-state index in [9.17, 15) is 9.59 Å². The van der Waals surface area contributed by atoms with Crippen molar-refractivity contribution in [3.63, 3.8) is 0 Å². The van der Waals surface area contributed by atoms with Gasteiger partial charge in [0.2, 0.25) is 0 Å². The lowest BCUT2D eigenvalue weighted by atomic mass is 10.1. The maximum atomic E-state index is 12.7. The molecule has 2 aromatic carbocycles. The van der Waals surface area contributed by atoms with E-state index in [1.54, 1.807) is 17.0 Å². The Labute approximate surface area is 167 Å². The van der Waals surface area contributed by atoms with Crippen molar-refractivity contribution in [1.29, 1.82) is 0 Å². The fourth-order valence-electron chi connectivity index (χ4n) is 3.47. The standard InChI is InChI=1S/C20H18Cl2N2O3/c21-15-6-4-13(10-16(15)22)19(25)23-14-5-3-12-7-8-24(17(12)11-14)20(26)18-2-1-9-27-18/h3-6,10-11,18H,1-2,7-9H2,(H,23,25). The number of carbonyl (C=O) groups is 2. The topological polar surface area (TPSA) is 58.6 Å². The zero-order chi connectivity index (χ0) is 19.0. The van der Waals surface area contributed by atoms with E-state index < -0.39 is 0 Å². The van der Waals surface area contributed by atoms with Crippen molar-refractivity contribution in [2.45, 2.75) is 25.4 Å². The van der Waals surface area contributed by atoms with E-state index in [4.69, 9.17) is 27.9 Å². The van der Waals surface area contributed by atoms with Gasteiger partial charge in [0.1, 0.15) is 6.10 Å². The maximum Gasteiger partial charge on any atom is 0.256 e. The quantitative estimate of drug-likeness (QED) is 0.828. The van der Waals surface area contributed by atoms with Gasteiger partial charge in [0.15, 0.2) is 0 Å². The minimum absolute atomic E-state index is 0.000732. The third-order valence-electron chi connectivity index (χ3n) is 4.89. The molecule has 2 heterocycles. The molecule has 7 heteroatoms. The summed E-state index contributed by atoms with van der Waals surface area (Å²) in [4.78, 5) is 27.0. The summed E-state index contributed by atoms with van der Waals surface area (Å²) in [5, 5.41) is 3.58. The van der Waals surface area contributed by atoms with Gasteiger partial charge in [-0.3, -0.25) is 9.59 Å². The average Bonchev–Trinajstić information content (AvgIpc) is 3.33. The SMILES string of the molecule is O=C(Nc1ccc2c(c1)N(C(=O)C1CCCO1)CC2)c1ccc(Cl)c(Cl)c1. The van der Waals surface area contributed by atoms with Gasteiger partial charge < -0.3 is 15.0 Å². The van der Waals surface area contributed by atoms with Crippen LogP contribution in [0.15, 0.2) is 36.4 Å². The van der Waals surface area contributed by atoms with E-state index in [1.165, 1.54) is 6.07 Å². The van der Waals surface area contributed by atoms with Crippen LogP contribution >= 0.6 is 23.2 Å². The highest BCUT2D eigenvalue weighted by Crippen LogP contribution is 2.33.